The third-order valence-corrected chi connectivity index (χ3v) is 7.14. The predicted octanol–water partition coefficient (Wildman–Crippen LogP) is -0.824. The number of carbonyl (C=O) groups is 6. The van der Waals surface area contributed by atoms with E-state index >= 15 is 0 Å². The Morgan fingerprint density at radius 1 is 0.646 bits per heavy atom. The van der Waals surface area contributed by atoms with Crippen molar-refractivity contribution in [2.75, 3.05) is 13.1 Å². The van der Waals surface area contributed by atoms with Gasteiger partial charge in [0.15, 0.2) is 0 Å². The van der Waals surface area contributed by atoms with E-state index in [1.54, 1.807) is 67.6 Å². The highest BCUT2D eigenvalue weighted by Gasteiger charge is 2.25. The van der Waals surface area contributed by atoms with Crippen LogP contribution in [0.1, 0.15) is 69.7 Å². The molecule has 0 aromatic heterocycles. The number of hydrogen-bond acceptors (Lipinski definition) is 9. The van der Waals surface area contributed by atoms with Crippen molar-refractivity contribution in [3.8, 4) is 0 Å². The van der Waals surface area contributed by atoms with Gasteiger partial charge in [0.2, 0.25) is 29.5 Å². The van der Waals surface area contributed by atoms with Crippen LogP contribution in [0.4, 0.5) is 0 Å². The summed E-state index contributed by atoms with van der Waals surface area (Å²) in [5, 5.41) is 29.2. The maximum atomic E-state index is 11.9. The highest BCUT2D eigenvalue weighted by Crippen LogP contribution is 2.13. The fourth-order valence-corrected chi connectivity index (χ4v) is 4.45. The summed E-state index contributed by atoms with van der Waals surface area (Å²) >= 11 is 0. The predicted molar refractivity (Wildman–Crippen MR) is 178 cm³/mol. The van der Waals surface area contributed by atoms with Crippen molar-refractivity contribution in [2.45, 2.75) is 76.8 Å². The normalized spacial score (nSPS) is 14.3. The molecule has 2 aromatic rings. The van der Waals surface area contributed by atoms with Crippen LogP contribution in [0.5, 0.6) is 0 Å². The monoisotopic (exact) mass is 671 g/mol. The van der Waals surface area contributed by atoms with E-state index in [0.717, 1.165) is 12.8 Å². The third kappa shape index (κ3) is 14.7. The van der Waals surface area contributed by atoms with Crippen LogP contribution < -0.4 is 38.5 Å². The largest absolute Gasteiger partial charge is 0.383 e. The number of aliphatic hydroxyl groups excluding tert-OH is 2. The van der Waals surface area contributed by atoms with Crippen molar-refractivity contribution < 1.29 is 39.0 Å². The summed E-state index contributed by atoms with van der Waals surface area (Å²) in [4.78, 5) is 70.4. The SMILES string of the molecule is CCCC(C)C(O)C(=O)NCC(=O)NC(C(N)=O)c1ccccc1.CCCC(N)C(O)C(=O)NCC(=O)NC(C(N)=O)c1ccccc1. The topological polar surface area (TPSA) is 269 Å². The summed E-state index contributed by atoms with van der Waals surface area (Å²) < 4.78 is 0. The molecule has 0 spiro atoms. The molecular weight excluding hydrogens is 622 g/mol. The number of rotatable bonds is 18. The standard InChI is InChI=1S/C17H25N3O4.C16H24N4O4/c1-3-7-11(2)15(22)17(24)19-10-13(21)20-14(16(18)23)12-8-5-4-6-9-12;1-2-6-11(17)14(22)16(24)19-9-12(21)20-13(15(18)23)10-7-4-3-5-8-10/h4-6,8-9,11,14-15,22H,3,7,10H2,1-2H3,(H2,18,23)(H,19,24)(H,20,21);3-5,7-8,11,13-14,22H,2,6,9,17H2,1H3,(H2,18,23)(H,19,24)(H,20,21). The number of benzene rings is 2. The van der Waals surface area contributed by atoms with E-state index in [-0.39, 0.29) is 12.5 Å². The van der Waals surface area contributed by atoms with Crippen LogP contribution in [-0.4, -0.2) is 77.0 Å². The van der Waals surface area contributed by atoms with E-state index in [2.05, 4.69) is 21.3 Å². The fraction of sp³-hybridized carbons (Fsp3) is 0.455. The van der Waals surface area contributed by atoms with E-state index in [1.807, 2.05) is 13.8 Å². The Labute approximate surface area is 280 Å². The molecule has 15 nitrogen and oxygen atoms in total. The molecule has 0 heterocycles. The van der Waals surface area contributed by atoms with E-state index in [4.69, 9.17) is 17.2 Å². The van der Waals surface area contributed by atoms with Crippen LogP contribution in [-0.2, 0) is 28.8 Å². The molecule has 6 atom stereocenters. The van der Waals surface area contributed by atoms with E-state index < -0.39 is 72.3 Å². The quantitative estimate of drug-likeness (QED) is 0.0956. The van der Waals surface area contributed by atoms with Gasteiger partial charge in [-0.05, 0) is 29.9 Å². The molecule has 0 saturated heterocycles. The summed E-state index contributed by atoms with van der Waals surface area (Å²) in [6.07, 6.45) is 0.210. The molecule has 2 aromatic carbocycles. The number of amides is 6. The maximum Gasteiger partial charge on any atom is 0.250 e. The summed E-state index contributed by atoms with van der Waals surface area (Å²) in [5.41, 5.74) is 17.4. The lowest BCUT2D eigenvalue weighted by Crippen LogP contribution is -2.49. The smallest absolute Gasteiger partial charge is 0.250 e. The lowest BCUT2D eigenvalue weighted by atomic mass is 9.99. The van der Waals surface area contributed by atoms with Crippen molar-refractivity contribution in [2.24, 2.45) is 23.1 Å². The number of aliphatic hydroxyl groups is 2. The zero-order valence-corrected chi connectivity index (χ0v) is 27.6. The molecule has 12 N–H and O–H groups in total. The number of primary amides is 2. The molecule has 0 bridgehead atoms. The Bertz CT molecular complexity index is 1230. The zero-order chi connectivity index (χ0) is 36.2. The molecule has 0 aliphatic rings. The first-order valence-electron chi connectivity index (χ1n) is 15.7. The number of hydrogen-bond donors (Lipinski definition) is 9. The third-order valence-electron chi connectivity index (χ3n) is 7.14. The van der Waals surface area contributed by atoms with Gasteiger partial charge in [0.1, 0.15) is 24.3 Å². The van der Waals surface area contributed by atoms with Crippen molar-refractivity contribution in [1.82, 2.24) is 21.3 Å². The molecule has 15 heteroatoms. The van der Waals surface area contributed by atoms with Crippen LogP contribution in [0.15, 0.2) is 60.7 Å². The van der Waals surface area contributed by atoms with Gasteiger partial charge < -0.3 is 48.7 Å². The Balaban J connectivity index is 0.000000480. The number of carbonyl (C=O) groups excluding carboxylic acids is 6. The molecule has 0 aliphatic carbocycles. The zero-order valence-electron chi connectivity index (χ0n) is 27.6. The highest BCUT2D eigenvalue weighted by molar-refractivity contribution is 5.92. The second-order valence-electron chi connectivity index (χ2n) is 11.2. The summed E-state index contributed by atoms with van der Waals surface area (Å²) in [6, 6.07) is 14.4. The van der Waals surface area contributed by atoms with Crippen LogP contribution >= 0.6 is 0 Å². The van der Waals surface area contributed by atoms with Gasteiger partial charge in [0.25, 0.3) is 5.91 Å². The molecule has 2 rings (SSSR count). The minimum absolute atomic E-state index is 0.194. The van der Waals surface area contributed by atoms with Crippen molar-refractivity contribution >= 4 is 35.4 Å². The van der Waals surface area contributed by atoms with E-state index in [1.165, 1.54) is 0 Å². The summed E-state index contributed by atoms with van der Waals surface area (Å²) in [7, 11) is 0. The summed E-state index contributed by atoms with van der Waals surface area (Å²) in [5.74, 6) is -4.12. The molecule has 0 radical (unpaired) electrons. The van der Waals surface area contributed by atoms with Gasteiger partial charge in [-0.15, -0.1) is 0 Å². The molecule has 48 heavy (non-hydrogen) atoms. The van der Waals surface area contributed by atoms with Gasteiger partial charge in [-0.2, -0.15) is 0 Å². The van der Waals surface area contributed by atoms with E-state index in [9.17, 15) is 39.0 Å². The van der Waals surface area contributed by atoms with Crippen LogP contribution in [0.25, 0.3) is 0 Å². The second kappa shape index (κ2) is 21.8. The molecule has 0 aliphatic heterocycles. The maximum absolute atomic E-state index is 11.9. The van der Waals surface area contributed by atoms with Crippen LogP contribution in [0.2, 0.25) is 0 Å². The first kappa shape index (κ1) is 41.2. The number of nitrogens with one attached hydrogen (secondary N) is 4. The van der Waals surface area contributed by atoms with Gasteiger partial charge in [-0.1, -0.05) is 94.3 Å². The minimum atomic E-state index is -1.39. The van der Waals surface area contributed by atoms with Crippen LogP contribution in [0, 0.1) is 5.92 Å². The van der Waals surface area contributed by atoms with Crippen molar-refractivity contribution in [3.63, 3.8) is 0 Å². The first-order chi connectivity index (χ1) is 22.7. The minimum Gasteiger partial charge on any atom is -0.383 e. The first-order valence-corrected chi connectivity index (χ1v) is 15.7. The van der Waals surface area contributed by atoms with Gasteiger partial charge in [0.05, 0.1) is 13.1 Å². The van der Waals surface area contributed by atoms with Gasteiger partial charge in [0, 0.05) is 6.04 Å². The average molecular weight is 672 g/mol. The highest BCUT2D eigenvalue weighted by atomic mass is 16.3. The average Bonchev–Trinajstić information content (AvgIpc) is 3.07. The van der Waals surface area contributed by atoms with Crippen molar-refractivity contribution in [3.05, 3.63) is 71.8 Å². The Hall–Kier alpha value is -4.86. The Morgan fingerprint density at radius 3 is 1.38 bits per heavy atom. The van der Waals surface area contributed by atoms with Gasteiger partial charge in [-0.25, -0.2) is 0 Å². The van der Waals surface area contributed by atoms with Crippen LogP contribution in [0.3, 0.4) is 0 Å². The van der Waals surface area contributed by atoms with Crippen molar-refractivity contribution in [1.29, 1.82) is 0 Å². The number of nitrogens with two attached hydrogens (primary N) is 3. The molecule has 0 saturated carbocycles. The molecular formula is C33H49N7O8. The van der Waals surface area contributed by atoms with Gasteiger partial charge in [-0.3, -0.25) is 28.8 Å². The molecule has 0 fully saturated rings. The summed E-state index contributed by atoms with van der Waals surface area (Å²) in [6.45, 7) is 4.87. The molecule has 6 unspecified atom stereocenters. The lowest BCUT2D eigenvalue weighted by Gasteiger charge is -2.19. The van der Waals surface area contributed by atoms with E-state index in [0.29, 0.717) is 24.0 Å². The Morgan fingerprint density at radius 2 is 1.02 bits per heavy atom. The lowest BCUT2D eigenvalue weighted by molar-refractivity contribution is -0.134. The molecule has 6 amide bonds. The second-order valence-corrected chi connectivity index (χ2v) is 11.2. The Kier molecular flexibility index (Phi) is 18.7. The molecule has 264 valence electrons. The van der Waals surface area contributed by atoms with Gasteiger partial charge >= 0.3 is 0 Å². The fourth-order valence-electron chi connectivity index (χ4n) is 4.45.